The highest BCUT2D eigenvalue weighted by Crippen LogP contribution is 2.39. The van der Waals surface area contributed by atoms with Crippen molar-refractivity contribution in [3.8, 4) is 0 Å². The van der Waals surface area contributed by atoms with Gasteiger partial charge in [0.15, 0.2) is 0 Å². The summed E-state index contributed by atoms with van der Waals surface area (Å²) in [5.41, 5.74) is 11.5. The molecule has 3 aromatic rings. The number of allylic oxidation sites excluding steroid dienone is 1. The fourth-order valence-electron chi connectivity index (χ4n) is 5.72. The summed E-state index contributed by atoms with van der Waals surface area (Å²) in [6.45, 7) is 0. The van der Waals surface area contributed by atoms with E-state index in [1.54, 1.807) is 18.3 Å². The topological polar surface area (TPSA) is 84.1 Å². The fraction of sp³-hybridized carbons (Fsp3) is 0.296. The first kappa shape index (κ1) is 21.2. The lowest BCUT2D eigenvalue weighted by Crippen LogP contribution is -2.49. The highest BCUT2D eigenvalue weighted by Gasteiger charge is 2.43. The number of rotatable bonds is 4. The van der Waals surface area contributed by atoms with E-state index >= 15 is 0 Å². The van der Waals surface area contributed by atoms with Crippen LogP contribution in [0.4, 0.5) is 11.6 Å². The number of amides is 1. The number of piperidine rings is 1. The number of nitrogens with zero attached hydrogens (tertiary/aromatic N) is 3. The molecule has 1 aromatic heterocycles. The Bertz CT molecular complexity index is 1270. The Morgan fingerprint density at radius 1 is 1.06 bits per heavy atom. The Balaban J connectivity index is 1.19. The van der Waals surface area contributed by atoms with Crippen molar-refractivity contribution < 1.29 is 4.79 Å². The van der Waals surface area contributed by atoms with Gasteiger partial charge in [-0.2, -0.15) is 0 Å². The zero-order valence-corrected chi connectivity index (χ0v) is 19.5. The number of nitrogen functional groups attached to an aromatic ring is 1. The molecular weight excluding hydrogens is 446 g/mol. The quantitative estimate of drug-likeness (QED) is 0.526. The van der Waals surface area contributed by atoms with Gasteiger partial charge in [0.05, 0.1) is 16.9 Å². The predicted molar refractivity (Wildman–Crippen MR) is 135 cm³/mol. The van der Waals surface area contributed by atoms with E-state index in [0.717, 1.165) is 43.4 Å². The van der Waals surface area contributed by atoms with Gasteiger partial charge in [-0.15, -0.1) is 0 Å². The van der Waals surface area contributed by atoms with Crippen LogP contribution in [0, 0.1) is 0 Å². The Labute approximate surface area is 203 Å². The molecule has 2 aliphatic heterocycles. The third kappa shape index (κ3) is 3.72. The van der Waals surface area contributed by atoms with Crippen LogP contribution in [0.3, 0.4) is 0 Å². The first-order valence-electron chi connectivity index (χ1n) is 11.8. The molecule has 6 rings (SSSR count). The summed E-state index contributed by atoms with van der Waals surface area (Å²) in [6.07, 6.45) is 8.57. The largest absolute Gasteiger partial charge is 0.399 e. The molecule has 0 saturated carbocycles. The van der Waals surface area contributed by atoms with Crippen LogP contribution in [-0.2, 0) is 6.42 Å². The van der Waals surface area contributed by atoms with Gasteiger partial charge >= 0.3 is 0 Å². The summed E-state index contributed by atoms with van der Waals surface area (Å²) in [5, 5.41) is 4.09. The number of hydrogen-bond donors (Lipinski definition) is 2. The van der Waals surface area contributed by atoms with E-state index in [9.17, 15) is 4.79 Å². The van der Waals surface area contributed by atoms with Crippen LogP contribution < -0.4 is 11.1 Å². The van der Waals surface area contributed by atoms with Gasteiger partial charge in [0.1, 0.15) is 0 Å². The second-order valence-corrected chi connectivity index (χ2v) is 9.81. The van der Waals surface area contributed by atoms with E-state index in [1.165, 1.54) is 11.1 Å². The van der Waals surface area contributed by atoms with Gasteiger partial charge in [-0.1, -0.05) is 41.9 Å². The zero-order chi connectivity index (χ0) is 23.2. The van der Waals surface area contributed by atoms with Gasteiger partial charge in [0.25, 0.3) is 5.91 Å². The molecule has 2 fully saturated rings. The Morgan fingerprint density at radius 2 is 1.79 bits per heavy atom. The molecule has 172 valence electrons. The monoisotopic (exact) mass is 471 g/mol. The smallest absolute Gasteiger partial charge is 0.254 e. The van der Waals surface area contributed by atoms with Crippen molar-refractivity contribution >= 4 is 34.7 Å². The molecule has 2 bridgehead atoms. The average molecular weight is 472 g/mol. The lowest BCUT2D eigenvalue weighted by molar-refractivity contribution is 0.0583. The molecular formula is C27H26ClN5O. The summed E-state index contributed by atoms with van der Waals surface area (Å²) in [4.78, 5) is 24.5. The molecule has 2 saturated heterocycles. The highest BCUT2D eigenvalue weighted by molar-refractivity contribution is 6.32. The van der Waals surface area contributed by atoms with Crippen molar-refractivity contribution in [3.05, 3.63) is 88.2 Å². The molecule has 3 atom stereocenters. The van der Waals surface area contributed by atoms with Gasteiger partial charge in [0.2, 0.25) is 5.95 Å². The minimum atomic E-state index is 0.0998. The number of carbonyl (C=O) groups is 1. The summed E-state index contributed by atoms with van der Waals surface area (Å²) in [6, 6.07) is 16.2. The Hall–Kier alpha value is -3.38. The molecule has 3 heterocycles. The van der Waals surface area contributed by atoms with Crippen molar-refractivity contribution in [2.45, 2.75) is 50.2 Å². The van der Waals surface area contributed by atoms with Crippen molar-refractivity contribution in [2.75, 3.05) is 11.1 Å². The number of anilines is 2. The van der Waals surface area contributed by atoms with E-state index in [2.05, 4.69) is 39.5 Å². The number of nitrogens with two attached hydrogens (primary N) is 1. The molecule has 7 heteroatoms. The Morgan fingerprint density at radius 3 is 2.56 bits per heavy atom. The third-order valence-corrected chi connectivity index (χ3v) is 7.57. The van der Waals surface area contributed by atoms with Crippen LogP contribution in [0.25, 0.3) is 5.57 Å². The van der Waals surface area contributed by atoms with Gasteiger partial charge in [-0.3, -0.25) is 4.79 Å². The Kier molecular flexibility index (Phi) is 5.26. The molecule has 2 aromatic carbocycles. The number of benzene rings is 2. The minimum absolute atomic E-state index is 0.0998. The molecule has 3 aliphatic rings. The molecule has 0 radical (unpaired) electrons. The highest BCUT2D eigenvalue weighted by atomic mass is 35.5. The minimum Gasteiger partial charge on any atom is -0.399 e. The molecule has 6 nitrogen and oxygen atoms in total. The van der Waals surface area contributed by atoms with Crippen LogP contribution in [0.2, 0.25) is 5.02 Å². The molecule has 0 spiro atoms. The molecule has 1 amide bonds. The number of halogens is 1. The average Bonchev–Trinajstić information content (AvgIpc) is 3.39. The van der Waals surface area contributed by atoms with Crippen molar-refractivity contribution in [3.63, 3.8) is 0 Å². The van der Waals surface area contributed by atoms with Crippen LogP contribution in [0.1, 0.15) is 52.9 Å². The van der Waals surface area contributed by atoms with E-state index in [1.807, 2.05) is 18.2 Å². The maximum Gasteiger partial charge on any atom is 0.254 e. The van der Waals surface area contributed by atoms with Crippen molar-refractivity contribution in [1.82, 2.24) is 14.9 Å². The van der Waals surface area contributed by atoms with Crippen LogP contribution >= 0.6 is 11.6 Å². The maximum absolute atomic E-state index is 13.2. The van der Waals surface area contributed by atoms with E-state index in [4.69, 9.17) is 22.3 Å². The van der Waals surface area contributed by atoms with Crippen LogP contribution in [0.5, 0.6) is 0 Å². The summed E-state index contributed by atoms with van der Waals surface area (Å²) in [5.74, 6) is 0.690. The van der Waals surface area contributed by atoms with Gasteiger partial charge in [-0.05, 0) is 67.5 Å². The second-order valence-electron chi connectivity index (χ2n) is 9.40. The third-order valence-electron chi connectivity index (χ3n) is 7.29. The van der Waals surface area contributed by atoms with E-state index in [-0.39, 0.29) is 24.0 Å². The first-order valence-corrected chi connectivity index (χ1v) is 12.2. The van der Waals surface area contributed by atoms with Gasteiger partial charge in [0, 0.05) is 34.9 Å². The molecule has 0 unspecified atom stereocenters. The predicted octanol–water partition coefficient (Wildman–Crippen LogP) is 4.95. The van der Waals surface area contributed by atoms with Crippen LogP contribution in [0.15, 0.2) is 60.8 Å². The zero-order valence-electron chi connectivity index (χ0n) is 18.7. The van der Waals surface area contributed by atoms with Gasteiger partial charge in [-0.25, -0.2) is 9.97 Å². The normalized spacial score (nSPS) is 22.9. The number of fused-ring (bicyclic) bond motifs is 3. The van der Waals surface area contributed by atoms with Crippen molar-refractivity contribution in [2.24, 2.45) is 0 Å². The molecule has 1 aliphatic carbocycles. The molecule has 3 N–H and O–H groups in total. The number of nitrogens with one attached hydrogen (secondary N) is 1. The lowest BCUT2D eigenvalue weighted by Gasteiger charge is -2.39. The van der Waals surface area contributed by atoms with E-state index < -0.39 is 0 Å². The number of hydrogen-bond acceptors (Lipinski definition) is 5. The van der Waals surface area contributed by atoms with Crippen molar-refractivity contribution in [1.29, 1.82) is 0 Å². The fourth-order valence-corrected chi connectivity index (χ4v) is 5.91. The number of aromatic nitrogens is 2. The maximum atomic E-state index is 13.2. The standard InChI is InChI=1S/C27H26ClN5O/c28-24-15-30-27(32-25(24)23-12-7-16-3-1-2-4-22(16)23)31-19-13-20-10-11-21(14-19)33(20)26(34)17-5-8-18(29)9-6-17/h1-6,8-9,12,15,19-21H,7,10-11,13-14,29H2,(H,30,31,32)/t19-,20+,21-. The SMILES string of the molecule is Nc1ccc(C(=O)N2[C@@H]3CC[C@H]2C[C@@H](Nc2ncc(Cl)c(C4=CCc5ccccc54)n2)C3)cc1. The summed E-state index contributed by atoms with van der Waals surface area (Å²) < 4.78 is 0. The van der Waals surface area contributed by atoms with E-state index in [0.29, 0.717) is 22.2 Å². The summed E-state index contributed by atoms with van der Waals surface area (Å²) >= 11 is 6.52. The van der Waals surface area contributed by atoms with Gasteiger partial charge < -0.3 is 16.0 Å². The second kappa shape index (κ2) is 8.44. The lowest BCUT2D eigenvalue weighted by atomic mass is 9.96. The summed E-state index contributed by atoms with van der Waals surface area (Å²) in [7, 11) is 0. The first-order chi connectivity index (χ1) is 16.6. The van der Waals surface area contributed by atoms with Crippen LogP contribution in [-0.4, -0.2) is 38.9 Å². The number of carbonyl (C=O) groups excluding carboxylic acids is 1. The molecule has 34 heavy (non-hydrogen) atoms.